The highest BCUT2D eigenvalue weighted by atomic mass is 32.1. The molecule has 1 heterocycles. The Hall–Kier alpha value is -2.47. The zero-order valence-electron chi connectivity index (χ0n) is 10.7. The van der Waals surface area contributed by atoms with Crippen LogP contribution in [0, 0.1) is 11.6 Å². The van der Waals surface area contributed by atoms with Crippen LogP contribution in [-0.2, 0) is 0 Å². The van der Waals surface area contributed by atoms with Gasteiger partial charge in [-0.1, -0.05) is 18.2 Å². The number of hydrogen-bond acceptors (Lipinski definition) is 3. The van der Waals surface area contributed by atoms with Crippen LogP contribution >= 0.6 is 11.3 Å². The quantitative estimate of drug-likeness (QED) is 0.751. The summed E-state index contributed by atoms with van der Waals surface area (Å²) in [7, 11) is 0. The van der Waals surface area contributed by atoms with Crippen LogP contribution < -0.4 is 11.1 Å². The van der Waals surface area contributed by atoms with Gasteiger partial charge in [-0.15, -0.1) is 11.3 Å². The molecule has 21 heavy (non-hydrogen) atoms. The smallest absolute Gasteiger partial charge is 0.267 e. The number of nitrogens with two attached hydrogens (primary N) is 1. The van der Waals surface area contributed by atoms with Crippen molar-refractivity contribution in [2.45, 2.75) is 0 Å². The first kappa shape index (κ1) is 13.5. The van der Waals surface area contributed by atoms with Gasteiger partial charge in [0.25, 0.3) is 5.91 Å². The fourth-order valence-electron chi connectivity index (χ4n) is 2.00. The number of nitrogen functional groups attached to an aromatic ring is 1. The number of thiophene rings is 1. The highest BCUT2D eigenvalue weighted by Gasteiger charge is 2.17. The second-order valence-electron chi connectivity index (χ2n) is 4.42. The van der Waals surface area contributed by atoms with Gasteiger partial charge in [-0.25, -0.2) is 8.78 Å². The molecule has 0 saturated carbocycles. The standard InChI is InChI=1S/C15H10F2N2OS/c16-8-5-6-11(10(17)7-8)19-15(20)14-13(18)9-3-1-2-4-12(9)21-14/h1-7H,18H2,(H,19,20). The minimum absolute atomic E-state index is 0.0849. The monoisotopic (exact) mass is 304 g/mol. The highest BCUT2D eigenvalue weighted by Crippen LogP contribution is 2.33. The number of carbonyl (C=O) groups is 1. The molecule has 3 rings (SSSR count). The van der Waals surface area contributed by atoms with Gasteiger partial charge >= 0.3 is 0 Å². The molecule has 1 aromatic heterocycles. The first-order valence-electron chi connectivity index (χ1n) is 6.09. The van der Waals surface area contributed by atoms with Crippen molar-refractivity contribution in [3.63, 3.8) is 0 Å². The summed E-state index contributed by atoms with van der Waals surface area (Å²) >= 11 is 1.23. The molecule has 3 N–H and O–H groups in total. The maximum absolute atomic E-state index is 13.5. The number of benzene rings is 2. The normalized spacial score (nSPS) is 10.8. The fraction of sp³-hybridized carbons (Fsp3) is 0. The van der Waals surface area contributed by atoms with Crippen LogP contribution in [0.4, 0.5) is 20.2 Å². The van der Waals surface area contributed by atoms with Gasteiger partial charge in [-0.3, -0.25) is 4.79 Å². The van der Waals surface area contributed by atoms with Crippen LogP contribution in [-0.4, -0.2) is 5.91 Å². The molecular weight excluding hydrogens is 294 g/mol. The van der Waals surface area contributed by atoms with Crippen molar-refractivity contribution in [3.8, 4) is 0 Å². The van der Waals surface area contributed by atoms with Crippen molar-refractivity contribution in [2.24, 2.45) is 0 Å². The van der Waals surface area contributed by atoms with Gasteiger partial charge in [0.15, 0.2) is 0 Å². The molecule has 0 spiro atoms. The molecule has 0 aliphatic heterocycles. The zero-order valence-corrected chi connectivity index (χ0v) is 11.5. The number of nitrogens with one attached hydrogen (secondary N) is 1. The van der Waals surface area contributed by atoms with Crippen LogP contribution in [0.25, 0.3) is 10.1 Å². The molecule has 0 atom stereocenters. The number of carbonyl (C=O) groups excluding carboxylic acids is 1. The van der Waals surface area contributed by atoms with Gasteiger partial charge in [0.05, 0.1) is 11.4 Å². The molecule has 6 heteroatoms. The highest BCUT2D eigenvalue weighted by molar-refractivity contribution is 7.21. The van der Waals surface area contributed by atoms with Gasteiger partial charge in [-0.05, 0) is 18.2 Å². The minimum atomic E-state index is -0.831. The van der Waals surface area contributed by atoms with E-state index in [0.717, 1.165) is 16.2 Å². The second-order valence-corrected chi connectivity index (χ2v) is 5.47. The third-order valence-corrected chi connectivity index (χ3v) is 4.20. The predicted octanol–water partition coefficient (Wildman–Crippen LogP) is 4.01. The molecule has 0 aliphatic carbocycles. The Bertz CT molecular complexity index is 845. The van der Waals surface area contributed by atoms with Crippen molar-refractivity contribution in [3.05, 3.63) is 59.0 Å². The summed E-state index contributed by atoms with van der Waals surface area (Å²) in [6.07, 6.45) is 0. The van der Waals surface area contributed by atoms with E-state index in [-0.39, 0.29) is 5.69 Å². The van der Waals surface area contributed by atoms with Gasteiger partial charge in [0, 0.05) is 16.2 Å². The Labute approximate surface area is 123 Å². The van der Waals surface area contributed by atoms with E-state index >= 15 is 0 Å². The van der Waals surface area contributed by atoms with Gasteiger partial charge in [0.2, 0.25) is 0 Å². The molecule has 3 nitrogen and oxygen atoms in total. The summed E-state index contributed by atoms with van der Waals surface area (Å²) in [6, 6.07) is 10.3. The predicted molar refractivity (Wildman–Crippen MR) is 80.5 cm³/mol. The summed E-state index contributed by atoms with van der Waals surface area (Å²) in [5.74, 6) is -2.05. The lowest BCUT2D eigenvalue weighted by molar-refractivity contribution is 0.103. The molecule has 1 amide bonds. The van der Waals surface area contributed by atoms with E-state index < -0.39 is 17.5 Å². The molecule has 0 saturated heterocycles. The average molecular weight is 304 g/mol. The van der Waals surface area contributed by atoms with E-state index in [9.17, 15) is 13.6 Å². The molecule has 0 aliphatic rings. The van der Waals surface area contributed by atoms with E-state index in [1.165, 1.54) is 17.4 Å². The van der Waals surface area contributed by atoms with Crippen molar-refractivity contribution in [1.29, 1.82) is 0 Å². The van der Waals surface area contributed by atoms with E-state index in [4.69, 9.17) is 5.73 Å². The van der Waals surface area contributed by atoms with Gasteiger partial charge in [-0.2, -0.15) is 0 Å². The molecule has 2 aromatic carbocycles. The summed E-state index contributed by atoms with van der Waals surface area (Å²) in [5.41, 5.74) is 6.22. The lowest BCUT2D eigenvalue weighted by atomic mass is 10.2. The van der Waals surface area contributed by atoms with E-state index in [2.05, 4.69) is 5.32 Å². The van der Waals surface area contributed by atoms with Crippen LogP contribution in [0.3, 0.4) is 0 Å². The summed E-state index contributed by atoms with van der Waals surface area (Å²) in [6.45, 7) is 0. The second kappa shape index (κ2) is 5.14. The molecule has 0 fully saturated rings. The Morgan fingerprint density at radius 2 is 1.90 bits per heavy atom. The summed E-state index contributed by atoms with van der Waals surface area (Å²) < 4.78 is 27.3. The Morgan fingerprint density at radius 1 is 1.14 bits per heavy atom. The number of halogens is 2. The lowest BCUT2D eigenvalue weighted by Crippen LogP contribution is -2.13. The van der Waals surface area contributed by atoms with E-state index in [1.807, 2.05) is 24.3 Å². The van der Waals surface area contributed by atoms with Crippen molar-refractivity contribution >= 4 is 38.7 Å². The molecule has 3 aromatic rings. The number of anilines is 2. The van der Waals surface area contributed by atoms with Crippen LogP contribution in [0.2, 0.25) is 0 Å². The average Bonchev–Trinajstić information content (AvgIpc) is 2.80. The summed E-state index contributed by atoms with van der Waals surface area (Å²) in [5, 5.41) is 3.19. The van der Waals surface area contributed by atoms with Crippen molar-refractivity contribution < 1.29 is 13.6 Å². The first-order chi connectivity index (χ1) is 10.1. The van der Waals surface area contributed by atoms with Crippen LogP contribution in [0.1, 0.15) is 9.67 Å². The Morgan fingerprint density at radius 3 is 2.62 bits per heavy atom. The third-order valence-electron chi connectivity index (χ3n) is 3.02. The Balaban J connectivity index is 1.95. The van der Waals surface area contributed by atoms with Crippen LogP contribution in [0.5, 0.6) is 0 Å². The molecule has 0 bridgehead atoms. The fourth-order valence-corrected chi connectivity index (χ4v) is 3.02. The third kappa shape index (κ3) is 2.45. The van der Waals surface area contributed by atoms with Gasteiger partial charge < -0.3 is 11.1 Å². The lowest BCUT2D eigenvalue weighted by Gasteiger charge is -2.05. The number of hydrogen-bond donors (Lipinski definition) is 2. The molecule has 0 unspecified atom stereocenters. The molecular formula is C15H10F2N2OS. The molecule has 0 radical (unpaired) electrons. The minimum Gasteiger partial charge on any atom is -0.397 e. The van der Waals surface area contributed by atoms with E-state index in [0.29, 0.717) is 16.6 Å². The molecule has 106 valence electrons. The number of rotatable bonds is 2. The van der Waals surface area contributed by atoms with Gasteiger partial charge in [0.1, 0.15) is 16.5 Å². The number of amides is 1. The SMILES string of the molecule is Nc1c(C(=O)Nc2ccc(F)cc2F)sc2ccccc12. The summed E-state index contributed by atoms with van der Waals surface area (Å²) in [4.78, 5) is 12.5. The topological polar surface area (TPSA) is 55.1 Å². The zero-order chi connectivity index (χ0) is 15.0. The van der Waals surface area contributed by atoms with Crippen LogP contribution in [0.15, 0.2) is 42.5 Å². The van der Waals surface area contributed by atoms with E-state index in [1.54, 1.807) is 0 Å². The largest absolute Gasteiger partial charge is 0.397 e. The maximum atomic E-state index is 13.5. The van der Waals surface area contributed by atoms with Crippen molar-refractivity contribution in [1.82, 2.24) is 0 Å². The maximum Gasteiger partial charge on any atom is 0.267 e. The number of fused-ring (bicyclic) bond motifs is 1. The first-order valence-corrected chi connectivity index (χ1v) is 6.91. The van der Waals surface area contributed by atoms with Crippen molar-refractivity contribution in [2.75, 3.05) is 11.1 Å². The Kier molecular flexibility index (Phi) is 3.31.